The number of aromatic nitrogens is 2. The van der Waals surface area contributed by atoms with E-state index in [0.29, 0.717) is 12.4 Å². The summed E-state index contributed by atoms with van der Waals surface area (Å²) in [6.45, 7) is 0.700. The van der Waals surface area contributed by atoms with E-state index < -0.39 is 0 Å². The van der Waals surface area contributed by atoms with Gasteiger partial charge in [-0.1, -0.05) is 18.2 Å². The normalized spacial score (nSPS) is 18.4. The molecule has 102 valence electrons. The number of nitrogens with zero attached hydrogens (tertiary/aromatic N) is 3. The summed E-state index contributed by atoms with van der Waals surface area (Å²) in [6.07, 6.45) is 3.84. The molecule has 5 heteroatoms. The summed E-state index contributed by atoms with van der Waals surface area (Å²) in [4.78, 5) is 22.5. The van der Waals surface area contributed by atoms with Gasteiger partial charge >= 0.3 is 0 Å². The highest BCUT2D eigenvalue weighted by atomic mass is 16.5. The van der Waals surface area contributed by atoms with Crippen molar-refractivity contribution in [1.82, 2.24) is 9.97 Å². The number of para-hydroxylation sites is 1. The van der Waals surface area contributed by atoms with Crippen LogP contribution in [0.25, 0.3) is 0 Å². The van der Waals surface area contributed by atoms with E-state index in [4.69, 9.17) is 4.74 Å². The van der Waals surface area contributed by atoms with Crippen LogP contribution < -0.4 is 9.64 Å². The lowest BCUT2D eigenvalue weighted by Crippen LogP contribution is -2.26. The van der Waals surface area contributed by atoms with Gasteiger partial charge in [-0.05, 0) is 18.6 Å². The Morgan fingerprint density at radius 2 is 2.10 bits per heavy atom. The van der Waals surface area contributed by atoms with Crippen LogP contribution in [-0.4, -0.2) is 29.5 Å². The highest BCUT2D eigenvalue weighted by Gasteiger charge is 2.35. The molecule has 0 saturated carbocycles. The van der Waals surface area contributed by atoms with E-state index in [1.165, 1.54) is 6.33 Å². The van der Waals surface area contributed by atoms with Crippen molar-refractivity contribution in [2.75, 3.05) is 18.6 Å². The molecule has 1 amide bonds. The molecule has 20 heavy (non-hydrogen) atoms. The topological polar surface area (TPSA) is 55.3 Å². The minimum absolute atomic E-state index is 0.0734. The predicted octanol–water partition coefficient (Wildman–Crippen LogP) is 2.01. The van der Waals surface area contributed by atoms with E-state index >= 15 is 0 Å². The first-order valence-corrected chi connectivity index (χ1v) is 6.51. The fourth-order valence-corrected chi connectivity index (χ4v) is 2.57. The fourth-order valence-electron chi connectivity index (χ4n) is 2.57. The van der Waals surface area contributed by atoms with Gasteiger partial charge in [0.05, 0.1) is 13.0 Å². The van der Waals surface area contributed by atoms with Crippen LogP contribution in [0.4, 0.5) is 5.69 Å². The Labute approximate surface area is 117 Å². The predicted molar refractivity (Wildman–Crippen MR) is 74.7 cm³/mol. The molecular weight excluding hydrogens is 254 g/mol. The van der Waals surface area contributed by atoms with Crippen molar-refractivity contribution in [2.45, 2.75) is 12.3 Å². The molecule has 1 fully saturated rings. The van der Waals surface area contributed by atoms with Gasteiger partial charge < -0.3 is 9.64 Å². The number of hydrogen-bond donors (Lipinski definition) is 0. The molecule has 1 atom stereocenters. The van der Waals surface area contributed by atoms with Crippen LogP contribution in [0.15, 0.2) is 42.9 Å². The van der Waals surface area contributed by atoms with Gasteiger partial charge in [0.1, 0.15) is 6.33 Å². The Kier molecular flexibility index (Phi) is 3.33. The molecule has 1 unspecified atom stereocenters. The lowest BCUT2D eigenvalue weighted by Gasteiger charge is -2.17. The summed E-state index contributed by atoms with van der Waals surface area (Å²) in [5, 5.41) is 0. The average molecular weight is 269 g/mol. The first kappa shape index (κ1) is 12.6. The third-order valence-electron chi connectivity index (χ3n) is 3.54. The van der Waals surface area contributed by atoms with Gasteiger partial charge in [0.15, 0.2) is 0 Å². The molecular formula is C15H15N3O2. The highest BCUT2D eigenvalue weighted by molar-refractivity contribution is 6.00. The molecule has 0 bridgehead atoms. The number of methoxy groups -OCH3 is 1. The van der Waals surface area contributed by atoms with Gasteiger partial charge in [-0.15, -0.1) is 0 Å². The van der Waals surface area contributed by atoms with Crippen LogP contribution in [0.3, 0.4) is 0 Å². The van der Waals surface area contributed by atoms with Crippen molar-refractivity contribution in [3.8, 4) is 5.88 Å². The SMILES string of the molecule is COc1ncncc1C1CCN(c2ccccc2)C1=O. The van der Waals surface area contributed by atoms with Crippen LogP contribution in [0, 0.1) is 0 Å². The third kappa shape index (κ3) is 2.11. The second-order valence-electron chi connectivity index (χ2n) is 4.65. The molecule has 1 saturated heterocycles. The van der Waals surface area contributed by atoms with E-state index in [-0.39, 0.29) is 11.8 Å². The number of anilines is 1. The molecule has 1 aliphatic heterocycles. The van der Waals surface area contributed by atoms with Crippen molar-refractivity contribution < 1.29 is 9.53 Å². The summed E-state index contributed by atoms with van der Waals surface area (Å²) in [5.74, 6) is 0.323. The first-order chi connectivity index (χ1) is 9.81. The maximum Gasteiger partial charge on any atom is 0.234 e. The number of carbonyl (C=O) groups excluding carboxylic acids is 1. The van der Waals surface area contributed by atoms with Gasteiger partial charge in [-0.2, -0.15) is 0 Å². The fraction of sp³-hybridized carbons (Fsp3) is 0.267. The van der Waals surface area contributed by atoms with Crippen molar-refractivity contribution in [3.05, 3.63) is 48.4 Å². The third-order valence-corrected chi connectivity index (χ3v) is 3.54. The van der Waals surface area contributed by atoms with Gasteiger partial charge in [0, 0.05) is 24.0 Å². The van der Waals surface area contributed by atoms with Crippen molar-refractivity contribution in [3.63, 3.8) is 0 Å². The largest absolute Gasteiger partial charge is 0.481 e. The van der Waals surface area contributed by atoms with Gasteiger partial charge in [-0.3, -0.25) is 4.79 Å². The van der Waals surface area contributed by atoms with Crippen LogP contribution in [0.2, 0.25) is 0 Å². The Morgan fingerprint density at radius 3 is 2.85 bits per heavy atom. The van der Waals surface area contributed by atoms with Crippen molar-refractivity contribution >= 4 is 11.6 Å². The molecule has 0 aliphatic carbocycles. The lowest BCUT2D eigenvalue weighted by atomic mass is 10.0. The zero-order valence-corrected chi connectivity index (χ0v) is 11.2. The molecule has 0 N–H and O–H groups in total. The maximum absolute atomic E-state index is 12.6. The summed E-state index contributed by atoms with van der Waals surface area (Å²) >= 11 is 0. The molecule has 1 aliphatic rings. The highest BCUT2D eigenvalue weighted by Crippen LogP contribution is 2.34. The molecule has 1 aromatic heterocycles. The minimum atomic E-state index is -0.230. The second-order valence-corrected chi connectivity index (χ2v) is 4.65. The number of benzene rings is 1. The first-order valence-electron chi connectivity index (χ1n) is 6.51. The van der Waals surface area contributed by atoms with E-state index in [1.54, 1.807) is 18.2 Å². The number of ether oxygens (including phenoxy) is 1. The van der Waals surface area contributed by atoms with Gasteiger partial charge in [-0.25, -0.2) is 9.97 Å². The molecule has 5 nitrogen and oxygen atoms in total. The van der Waals surface area contributed by atoms with Crippen molar-refractivity contribution in [2.24, 2.45) is 0 Å². The summed E-state index contributed by atoms with van der Waals surface area (Å²) in [6, 6.07) is 9.69. The van der Waals surface area contributed by atoms with E-state index in [0.717, 1.165) is 17.7 Å². The van der Waals surface area contributed by atoms with Crippen LogP contribution >= 0.6 is 0 Å². The Hall–Kier alpha value is -2.43. The van der Waals surface area contributed by atoms with E-state index in [1.807, 2.05) is 30.3 Å². The summed E-state index contributed by atoms with van der Waals surface area (Å²) in [5.41, 5.74) is 1.69. The van der Waals surface area contributed by atoms with Gasteiger partial charge in [0.25, 0.3) is 0 Å². The number of amides is 1. The smallest absolute Gasteiger partial charge is 0.234 e. The van der Waals surface area contributed by atoms with Crippen molar-refractivity contribution in [1.29, 1.82) is 0 Å². The lowest BCUT2D eigenvalue weighted by molar-refractivity contribution is -0.118. The molecule has 1 aromatic carbocycles. The monoisotopic (exact) mass is 269 g/mol. The van der Waals surface area contributed by atoms with Gasteiger partial charge in [0.2, 0.25) is 11.8 Å². The zero-order chi connectivity index (χ0) is 13.9. The Bertz CT molecular complexity index is 616. The minimum Gasteiger partial charge on any atom is -0.481 e. The summed E-state index contributed by atoms with van der Waals surface area (Å²) < 4.78 is 5.23. The quantitative estimate of drug-likeness (QED) is 0.855. The number of rotatable bonds is 3. The maximum atomic E-state index is 12.6. The standard InChI is InChI=1S/C15H15N3O2/c1-20-14-13(9-16-10-17-14)12-7-8-18(15(12)19)11-5-3-2-4-6-11/h2-6,9-10,12H,7-8H2,1H3. The van der Waals surface area contributed by atoms with Crippen LogP contribution in [-0.2, 0) is 4.79 Å². The second kappa shape index (κ2) is 5.28. The Morgan fingerprint density at radius 1 is 1.30 bits per heavy atom. The molecule has 2 heterocycles. The van der Waals surface area contributed by atoms with E-state index in [2.05, 4.69) is 9.97 Å². The molecule has 2 aromatic rings. The molecule has 3 rings (SSSR count). The van der Waals surface area contributed by atoms with E-state index in [9.17, 15) is 4.79 Å². The Balaban J connectivity index is 1.89. The average Bonchev–Trinajstić information content (AvgIpc) is 2.89. The van der Waals surface area contributed by atoms with Crippen LogP contribution in [0.5, 0.6) is 5.88 Å². The van der Waals surface area contributed by atoms with Crippen LogP contribution in [0.1, 0.15) is 17.9 Å². The zero-order valence-electron chi connectivity index (χ0n) is 11.2. The molecule has 0 spiro atoms. The molecule has 0 radical (unpaired) electrons. The number of carbonyl (C=O) groups is 1. The summed E-state index contributed by atoms with van der Waals surface area (Å²) in [7, 11) is 1.56. The number of hydrogen-bond acceptors (Lipinski definition) is 4.